The minimum absolute atomic E-state index is 0.149. The van der Waals surface area contributed by atoms with Crippen molar-refractivity contribution in [3.63, 3.8) is 0 Å². The third-order valence-corrected chi connectivity index (χ3v) is 1.82. The van der Waals surface area contributed by atoms with E-state index in [0.717, 1.165) is 0 Å². The van der Waals surface area contributed by atoms with Gasteiger partial charge in [0.25, 0.3) is 0 Å². The first-order chi connectivity index (χ1) is 2.77. The molecule has 0 bridgehead atoms. The molecule has 0 saturated carbocycles. The van der Waals surface area contributed by atoms with Gasteiger partial charge in [0, 0.05) is 0 Å². The molecule has 1 unspecified atom stereocenters. The molecule has 0 N–H and O–H groups in total. The predicted octanol–water partition coefficient (Wildman–Crippen LogP) is 2.30. The summed E-state index contributed by atoms with van der Waals surface area (Å²) in [6, 6.07) is 0. The molecule has 1 atom stereocenters. The molecule has 0 heterocycles. The summed E-state index contributed by atoms with van der Waals surface area (Å²) in [4.78, 5) is 0. The lowest BCUT2D eigenvalue weighted by Gasteiger charge is -1.97. The Bertz CT molecular complexity index is 25.1. The molecule has 37 valence electrons. The van der Waals surface area contributed by atoms with Gasteiger partial charge in [-0.2, -0.15) is 0 Å². The van der Waals surface area contributed by atoms with Gasteiger partial charge in [-0.15, -0.1) is 7.92 Å². The first-order valence-electron chi connectivity index (χ1n) is 2.29. The largest absolute Gasteiger partial charge is 0.110 e. The Kier molecular flexibility index (Phi) is 3.87. The minimum atomic E-state index is 0.149. The van der Waals surface area contributed by atoms with E-state index in [9.17, 15) is 0 Å². The average Bonchev–Trinajstić information content (AvgIpc) is 1.35. The molecular formula is C5H12P. The van der Waals surface area contributed by atoms with Crippen molar-refractivity contribution in [3.05, 3.63) is 6.66 Å². The number of hydrogen-bond donors (Lipinski definition) is 0. The third kappa shape index (κ3) is 4.43. The zero-order chi connectivity index (χ0) is 4.99. The maximum absolute atomic E-state index is 3.89. The van der Waals surface area contributed by atoms with Gasteiger partial charge in [0.1, 0.15) is 0 Å². The van der Waals surface area contributed by atoms with Crippen LogP contribution in [0.1, 0.15) is 13.3 Å². The maximum Gasteiger partial charge on any atom is -0.0289 e. The Morgan fingerprint density at radius 2 is 2.17 bits per heavy atom. The molecule has 0 saturated heterocycles. The van der Waals surface area contributed by atoms with Gasteiger partial charge >= 0.3 is 0 Å². The van der Waals surface area contributed by atoms with Crippen molar-refractivity contribution in [1.29, 1.82) is 0 Å². The van der Waals surface area contributed by atoms with Crippen LogP contribution in [0.15, 0.2) is 0 Å². The highest BCUT2D eigenvalue weighted by Crippen LogP contribution is 2.26. The van der Waals surface area contributed by atoms with Crippen molar-refractivity contribution in [2.75, 3.05) is 12.8 Å². The van der Waals surface area contributed by atoms with Crippen LogP contribution >= 0.6 is 7.92 Å². The quantitative estimate of drug-likeness (QED) is 0.470. The van der Waals surface area contributed by atoms with E-state index >= 15 is 0 Å². The lowest BCUT2D eigenvalue weighted by Crippen LogP contribution is -1.71. The van der Waals surface area contributed by atoms with E-state index in [4.69, 9.17) is 0 Å². The van der Waals surface area contributed by atoms with Crippen molar-refractivity contribution in [2.24, 2.45) is 0 Å². The van der Waals surface area contributed by atoms with Crippen LogP contribution in [0.25, 0.3) is 0 Å². The summed E-state index contributed by atoms with van der Waals surface area (Å²) >= 11 is 0. The molecule has 1 heteroatoms. The van der Waals surface area contributed by atoms with Gasteiger partial charge < -0.3 is 0 Å². The summed E-state index contributed by atoms with van der Waals surface area (Å²) in [7, 11) is 0.149. The zero-order valence-corrected chi connectivity index (χ0v) is 5.46. The Hall–Kier alpha value is 0.430. The molecule has 6 heavy (non-hydrogen) atoms. The molecule has 0 nitrogen and oxygen atoms in total. The highest BCUT2D eigenvalue weighted by molar-refractivity contribution is 7.58. The second-order valence-corrected chi connectivity index (χ2v) is 3.74. The molecule has 0 spiro atoms. The Morgan fingerprint density at radius 1 is 1.67 bits per heavy atom. The molecule has 1 radical (unpaired) electrons. The van der Waals surface area contributed by atoms with E-state index in [1.807, 2.05) is 0 Å². The van der Waals surface area contributed by atoms with Crippen LogP contribution in [0.4, 0.5) is 0 Å². The van der Waals surface area contributed by atoms with Crippen molar-refractivity contribution in [3.8, 4) is 0 Å². The molecular weight excluding hydrogens is 91.0 g/mol. The number of hydrogen-bond acceptors (Lipinski definition) is 0. The van der Waals surface area contributed by atoms with Gasteiger partial charge in [-0.3, -0.25) is 0 Å². The fourth-order valence-corrected chi connectivity index (χ4v) is 1.15. The van der Waals surface area contributed by atoms with E-state index in [0.29, 0.717) is 0 Å². The minimum Gasteiger partial charge on any atom is -0.110 e. The van der Waals surface area contributed by atoms with Crippen LogP contribution in [0.5, 0.6) is 0 Å². The van der Waals surface area contributed by atoms with Gasteiger partial charge in [0.2, 0.25) is 0 Å². The van der Waals surface area contributed by atoms with Gasteiger partial charge in [-0.05, 0) is 19.5 Å². The summed E-state index contributed by atoms with van der Waals surface area (Å²) in [5, 5.41) is 0. The normalized spacial score (nSPS) is 10.0. The Labute approximate surface area is 41.7 Å². The third-order valence-electron chi connectivity index (χ3n) is 0.605. The van der Waals surface area contributed by atoms with E-state index in [1.54, 1.807) is 0 Å². The lowest BCUT2D eigenvalue weighted by atomic mass is 10.6. The highest BCUT2D eigenvalue weighted by atomic mass is 31.1. The topological polar surface area (TPSA) is 0 Å². The first kappa shape index (κ1) is 6.43. The summed E-state index contributed by atoms with van der Waals surface area (Å²) in [6.45, 7) is 8.30. The molecule has 0 aliphatic heterocycles. The van der Waals surface area contributed by atoms with Crippen LogP contribution < -0.4 is 0 Å². The van der Waals surface area contributed by atoms with Gasteiger partial charge in [0.05, 0.1) is 0 Å². The summed E-state index contributed by atoms with van der Waals surface area (Å²) < 4.78 is 0. The van der Waals surface area contributed by atoms with Gasteiger partial charge in [-0.25, -0.2) is 0 Å². The summed E-state index contributed by atoms with van der Waals surface area (Å²) in [5.41, 5.74) is 0. The SMILES string of the molecule is [CH2]P(C)CCC. The monoisotopic (exact) mass is 103 g/mol. The fourth-order valence-electron chi connectivity index (χ4n) is 0.382. The standard InChI is InChI=1S/C5H12P/c1-4-5-6(2)3/h2,4-5H2,1,3H3. The smallest absolute Gasteiger partial charge is 0.0289 e. The van der Waals surface area contributed by atoms with E-state index in [2.05, 4.69) is 20.3 Å². The summed E-state index contributed by atoms with van der Waals surface area (Å²) in [6.07, 6.45) is 2.63. The predicted molar refractivity (Wildman–Crippen MR) is 33.4 cm³/mol. The highest BCUT2D eigenvalue weighted by Gasteiger charge is 1.84. The molecule has 0 aromatic carbocycles. The molecule has 0 aliphatic carbocycles. The van der Waals surface area contributed by atoms with Crippen LogP contribution in [-0.4, -0.2) is 12.8 Å². The van der Waals surface area contributed by atoms with Gasteiger partial charge in [-0.1, -0.05) is 13.3 Å². The average molecular weight is 103 g/mol. The van der Waals surface area contributed by atoms with Gasteiger partial charge in [0.15, 0.2) is 0 Å². The molecule has 0 aromatic heterocycles. The number of rotatable bonds is 2. The lowest BCUT2D eigenvalue weighted by molar-refractivity contribution is 1.10. The molecule has 0 fully saturated rings. The van der Waals surface area contributed by atoms with E-state index in [-0.39, 0.29) is 7.92 Å². The van der Waals surface area contributed by atoms with Crippen molar-refractivity contribution >= 4 is 7.92 Å². The molecule has 0 rings (SSSR count). The summed E-state index contributed by atoms with van der Waals surface area (Å²) in [5.74, 6) is 0. The van der Waals surface area contributed by atoms with Crippen LogP contribution in [-0.2, 0) is 0 Å². The zero-order valence-electron chi connectivity index (χ0n) is 4.57. The van der Waals surface area contributed by atoms with Crippen molar-refractivity contribution in [1.82, 2.24) is 0 Å². The second kappa shape index (κ2) is 3.61. The van der Waals surface area contributed by atoms with Crippen molar-refractivity contribution in [2.45, 2.75) is 13.3 Å². The first-order valence-corrected chi connectivity index (χ1v) is 4.45. The van der Waals surface area contributed by atoms with Crippen LogP contribution in [0.2, 0.25) is 0 Å². The van der Waals surface area contributed by atoms with E-state index < -0.39 is 0 Å². The molecule has 0 aliphatic rings. The van der Waals surface area contributed by atoms with E-state index in [1.165, 1.54) is 12.6 Å². The Morgan fingerprint density at radius 3 is 2.17 bits per heavy atom. The second-order valence-electron chi connectivity index (χ2n) is 1.58. The molecule has 0 aromatic rings. The fraction of sp³-hybridized carbons (Fsp3) is 0.800. The van der Waals surface area contributed by atoms with Crippen molar-refractivity contribution < 1.29 is 0 Å². The van der Waals surface area contributed by atoms with Crippen LogP contribution in [0.3, 0.4) is 0 Å². The van der Waals surface area contributed by atoms with Crippen LogP contribution in [0, 0.1) is 6.66 Å². The Balaban J connectivity index is 2.63. The maximum atomic E-state index is 3.89. The molecule has 0 amide bonds.